The van der Waals surface area contributed by atoms with E-state index in [2.05, 4.69) is 0 Å². The van der Waals surface area contributed by atoms with Crippen molar-refractivity contribution in [2.24, 2.45) is 0 Å². The third-order valence-electron chi connectivity index (χ3n) is 3.09. The molecule has 1 atom stereocenters. The van der Waals surface area contributed by atoms with Gasteiger partial charge in [0.1, 0.15) is 5.82 Å². The van der Waals surface area contributed by atoms with Crippen molar-refractivity contribution in [2.45, 2.75) is 18.9 Å². The molecule has 1 aliphatic rings. The molecule has 1 heterocycles. The van der Waals surface area contributed by atoms with Gasteiger partial charge in [0, 0.05) is 12.2 Å². The maximum absolute atomic E-state index is 12.9. The summed E-state index contributed by atoms with van der Waals surface area (Å²) in [5.74, 6) is -0.696. The highest BCUT2D eigenvalue weighted by Gasteiger charge is 2.29. The predicted molar refractivity (Wildman–Crippen MR) is 62.0 cm³/mol. The second-order valence-corrected chi connectivity index (χ2v) is 4.21. The van der Waals surface area contributed by atoms with Crippen LogP contribution in [0, 0.1) is 5.82 Å². The van der Waals surface area contributed by atoms with Gasteiger partial charge in [-0.2, -0.15) is 0 Å². The van der Waals surface area contributed by atoms with Gasteiger partial charge >= 0.3 is 0 Å². The quantitative estimate of drug-likeness (QED) is 0.755. The van der Waals surface area contributed by atoms with Crippen LogP contribution in [0.4, 0.5) is 10.1 Å². The standard InChI is InChI=1S/C12H15FN2O2/c13-8-3-4-10(11(14)6-8)12(17)15-5-1-2-9(15)7-16/h3-4,6,9,16H,1-2,5,7,14H2. The average Bonchev–Trinajstić information content (AvgIpc) is 2.76. The summed E-state index contributed by atoms with van der Waals surface area (Å²) < 4.78 is 12.9. The van der Waals surface area contributed by atoms with Gasteiger partial charge in [0.05, 0.1) is 18.2 Å². The molecule has 92 valence electrons. The van der Waals surface area contributed by atoms with Crippen molar-refractivity contribution in [2.75, 3.05) is 18.9 Å². The fourth-order valence-electron chi connectivity index (χ4n) is 2.18. The number of halogens is 1. The van der Waals surface area contributed by atoms with Crippen molar-refractivity contribution in [3.8, 4) is 0 Å². The van der Waals surface area contributed by atoms with Gasteiger partial charge in [-0.05, 0) is 31.0 Å². The van der Waals surface area contributed by atoms with E-state index < -0.39 is 5.82 Å². The summed E-state index contributed by atoms with van der Waals surface area (Å²) in [6, 6.07) is 3.59. The number of hydrogen-bond donors (Lipinski definition) is 2. The first kappa shape index (κ1) is 11.9. The molecule has 17 heavy (non-hydrogen) atoms. The third-order valence-corrected chi connectivity index (χ3v) is 3.09. The zero-order valence-electron chi connectivity index (χ0n) is 9.40. The van der Waals surface area contributed by atoms with Crippen molar-refractivity contribution in [3.05, 3.63) is 29.6 Å². The number of nitrogens with two attached hydrogens (primary N) is 1. The fourth-order valence-corrected chi connectivity index (χ4v) is 2.18. The zero-order chi connectivity index (χ0) is 12.4. The molecule has 0 aromatic heterocycles. The minimum Gasteiger partial charge on any atom is -0.398 e. The molecule has 0 saturated carbocycles. The van der Waals surface area contributed by atoms with Gasteiger partial charge in [-0.3, -0.25) is 4.79 Å². The lowest BCUT2D eigenvalue weighted by Crippen LogP contribution is -2.37. The van der Waals surface area contributed by atoms with Gasteiger partial charge in [-0.1, -0.05) is 0 Å². The highest BCUT2D eigenvalue weighted by molar-refractivity contribution is 5.99. The Kier molecular flexibility index (Phi) is 3.28. The topological polar surface area (TPSA) is 66.6 Å². The molecular weight excluding hydrogens is 223 g/mol. The average molecular weight is 238 g/mol. The smallest absolute Gasteiger partial charge is 0.256 e. The predicted octanol–water partition coefficient (Wildman–Crippen LogP) is 1.00. The molecule has 1 fully saturated rings. The normalized spacial score (nSPS) is 19.6. The van der Waals surface area contributed by atoms with Crippen molar-refractivity contribution >= 4 is 11.6 Å². The van der Waals surface area contributed by atoms with Crippen LogP contribution < -0.4 is 5.73 Å². The first-order valence-electron chi connectivity index (χ1n) is 5.60. The molecule has 1 aliphatic heterocycles. The van der Waals surface area contributed by atoms with Gasteiger partial charge in [0.15, 0.2) is 0 Å². The molecule has 1 amide bonds. The Hall–Kier alpha value is -1.62. The van der Waals surface area contributed by atoms with Crippen LogP contribution in [0.5, 0.6) is 0 Å². The van der Waals surface area contributed by atoms with Crippen LogP contribution in [0.1, 0.15) is 23.2 Å². The molecule has 1 aromatic carbocycles. The number of anilines is 1. The van der Waals surface area contributed by atoms with E-state index >= 15 is 0 Å². The molecular formula is C12H15FN2O2. The van der Waals surface area contributed by atoms with Crippen LogP contribution in [-0.4, -0.2) is 35.1 Å². The largest absolute Gasteiger partial charge is 0.398 e. The highest BCUT2D eigenvalue weighted by Crippen LogP contribution is 2.22. The third kappa shape index (κ3) is 2.24. The van der Waals surface area contributed by atoms with Crippen molar-refractivity contribution in [1.82, 2.24) is 4.90 Å². The van der Waals surface area contributed by atoms with Gasteiger partial charge in [-0.25, -0.2) is 4.39 Å². The molecule has 3 N–H and O–H groups in total. The highest BCUT2D eigenvalue weighted by atomic mass is 19.1. The van der Waals surface area contributed by atoms with Crippen molar-refractivity contribution in [3.63, 3.8) is 0 Å². The van der Waals surface area contributed by atoms with Gasteiger partial charge in [0.2, 0.25) is 0 Å². The van der Waals surface area contributed by atoms with Crippen LogP contribution >= 0.6 is 0 Å². The Morgan fingerprint density at radius 3 is 3.00 bits per heavy atom. The number of benzene rings is 1. The number of aliphatic hydroxyl groups is 1. The Balaban J connectivity index is 2.24. The minimum absolute atomic E-state index is 0.0488. The summed E-state index contributed by atoms with van der Waals surface area (Å²) in [4.78, 5) is 13.8. The Bertz CT molecular complexity index is 437. The van der Waals surface area contributed by atoms with Gasteiger partial charge < -0.3 is 15.7 Å². The molecule has 0 spiro atoms. The number of likely N-dealkylation sites (tertiary alicyclic amines) is 1. The number of rotatable bonds is 2. The molecule has 1 unspecified atom stereocenters. The number of hydrogen-bond acceptors (Lipinski definition) is 3. The lowest BCUT2D eigenvalue weighted by Gasteiger charge is -2.23. The number of carbonyl (C=O) groups excluding carboxylic acids is 1. The lowest BCUT2D eigenvalue weighted by atomic mass is 10.1. The molecule has 1 aromatic rings. The van der Waals surface area contributed by atoms with Crippen molar-refractivity contribution < 1.29 is 14.3 Å². The van der Waals surface area contributed by atoms with E-state index in [1.807, 2.05) is 0 Å². The maximum Gasteiger partial charge on any atom is 0.256 e. The summed E-state index contributed by atoms with van der Waals surface area (Å²) in [5.41, 5.74) is 6.06. The van der Waals surface area contributed by atoms with Crippen molar-refractivity contribution in [1.29, 1.82) is 0 Å². The van der Waals surface area contributed by atoms with E-state index in [9.17, 15) is 9.18 Å². The zero-order valence-corrected chi connectivity index (χ0v) is 9.40. The first-order valence-corrected chi connectivity index (χ1v) is 5.60. The maximum atomic E-state index is 12.9. The van der Waals surface area contributed by atoms with E-state index in [4.69, 9.17) is 10.8 Å². The summed E-state index contributed by atoms with van der Waals surface area (Å²) in [5, 5.41) is 9.16. The molecule has 4 nitrogen and oxygen atoms in total. The molecule has 0 aliphatic carbocycles. The second kappa shape index (κ2) is 4.71. The van der Waals surface area contributed by atoms with Gasteiger partial charge in [-0.15, -0.1) is 0 Å². The van der Waals surface area contributed by atoms with Crippen LogP contribution in [0.2, 0.25) is 0 Å². The Morgan fingerprint density at radius 1 is 1.59 bits per heavy atom. The summed E-state index contributed by atoms with van der Waals surface area (Å²) in [6.07, 6.45) is 1.67. The molecule has 1 saturated heterocycles. The second-order valence-electron chi connectivity index (χ2n) is 4.21. The summed E-state index contributed by atoms with van der Waals surface area (Å²) in [7, 11) is 0. The number of aliphatic hydroxyl groups excluding tert-OH is 1. The number of nitrogen functional groups attached to an aromatic ring is 1. The van der Waals surface area contributed by atoms with E-state index in [-0.39, 0.29) is 24.2 Å². The summed E-state index contributed by atoms with van der Waals surface area (Å²) in [6.45, 7) is 0.563. The molecule has 5 heteroatoms. The Labute approximate surface area is 98.8 Å². The molecule has 0 bridgehead atoms. The Morgan fingerprint density at radius 2 is 2.35 bits per heavy atom. The molecule has 0 radical (unpaired) electrons. The molecule has 2 rings (SSSR count). The van der Waals surface area contributed by atoms with Gasteiger partial charge in [0.25, 0.3) is 5.91 Å². The van der Waals surface area contributed by atoms with Crippen LogP contribution in [-0.2, 0) is 0 Å². The summed E-state index contributed by atoms with van der Waals surface area (Å²) >= 11 is 0. The van der Waals surface area contributed by atoms with E-state index in [0.717, 1.165) is 18.9 Å². The monoisotopic (exact) mass is 238 g/mol. The SMILES string of the molecule is Nc1cc(F)ccc1C(=O)N1CCCC1CO. The lowest BCUT2D eigenvalue weighted by molar-refractivity contribution is 0.0678. The number of amides is 1. The van der Waals surface area contributed by atoms with Crippen LogP contribution in [0.25, 0.3) is 0 Å². The van der Waals surface area contributed by atoms with E-state index in [1.165, 1.54) is 12.1 Å². The van der Waals surface area contributed by atoms with Crippen LogP contribution in [0.3, 0.4) is 0 Å². The van der Waals surface area contributed by atoms with Crippen LogP contribution in [0.15, 0.2) is 18.2 Å². The number of nitrogens with zero attached hydrogens (tertiary/aromatic N) is 1. The van der Waals surface area contributed by atoms with E-state index in [1.54, 1.807) is 4.90 Å². The minimum atomic E-state index is -0.459. The number of carbonyl (C=O) groups is 1. The fraction of sp³-hybridized carbons (Fsp3) is 0.417. The first-order chi connectivity index (χ1) is 8.13. The van der Waals surface area contributed by atoms with E-state index in [0.29, 0.717) is 12.1 Å².